The van der Waals surface area contributed by atoms with E-state index >= 15 is 0 Å². The SMILES string of the molecule is CCNC(=O)N1CC(O)(C#Cc2ccc3c(c2)N(C)C(=O)[C@H](NC(=O)c2cc(Oc4ccccc4)ccn2)CO3)C1. The molecule has 3 N–H and O–H groups in total. The first-order valence-corrected chi connectivity index (χ1v) is 13.1. The van der Waals surface area contributed by atoms with Gasteiger partial charge in [-0.2, -0.15) is 0 Å². The fourth-order valence-corrected chi connectivity index (χ4v) is 4.39. The van der Waals surface area contributed by atoms with Gasteiger partial charge in [-0.15, -0.1) is 0 Å². The second-order valence-corrected chi connectivity index (χ2v) is 9.68. The Labute approximate surface area is 237 Å². The van der Waals surface area contributed by atoms with Gasteiger partial charge in [-0.05, 0) is 43.3 Å². The molecule has 41 heavy (non-hydrogen) atoms. The molecule has 5 rings (SSSR count). The topological polar surface area (TPSA) is 133 Å². The van der Waals surface area contributed by atoms with Crippen molar-refractivity contribution >= 4 is 23.5 Å². The van der Waals surface area contributed by atoms with Gasteiger partial charge in [-0.3, -0.25) is 14.6 Å². The van der Waals surface area contributed by atoms with E-state index in [2.05, 4.69) is 27.5 Å². The number of nitrogens with one attached hydrogen (secondary N) is 2. The summed E-state index contributed by atoms with van der Waals surface area (Å²) < 4.78 is 11.6. The summed E-state index contributed by atoms with van der Waals surface area (Å²) in [6, 6.07) is 16.1. The van der Waals surface area contributed by atoms with Crippen molar-refractivity contribution < 1.29 is 29.0 Å². The van der Waals surface area contributed by atoms with Crippen molar-refractivity contribution in [1.29, 1.82) is 0 Å². The third kappa shape index (κ3) is 6.23. The molecule has 1 aromatic heterocycles. The zero-order chi connectivity index (χ0) is 29.0. The molecule has 0 radical (unpaired) electrons. The van der Waals surface area contributed by atoms with Crippen molar-refractivity contribution in [2.24, 2.45) is 0 Å². The van der Waals surface area contributed by atoms with Crippen molar-refractivity contribution in [1.82, 2.24) is 20.5 Å². The van der Waals surface area contributed by atoms with E-state index < -0.39 is 17.6 Å². The van der Waals surface area contributed by atoms with E-state index in [0.717, 1.165) is 0 Å². The number of amides is 4. The number of β-amino-alcohol motifs (C(OH)–C–C–N with tert-alkyl or cyclic N) is 1. The van der Waals surface area contributed by atoms with Gasteiger partial charge in [0.25, 0.3) is 11.8 Å². The Morgan fingerprint density at radius 1 is 1.15 bits per heavy atom. The van der Waals surface area contributed by atoms with Crippen LogP contribution in [0, 0.1) is 11.8 Å². The number of carbonyl (C=O) groups is 3. The molecule has 3 aromatic rings. The van der Waals surface area contributed by atoms with Crippen LogP contribution in [0.2, 0.25) is 0 Å². The number of urea groups is 1. The Kier molecular flexibility index (Phi) is 7.76. The molecule has 210 valence electrons. The lowest BCUT2D eigenvalue weighted by atomic mass is 9.95. The van der Waals surface area contributed by atoms with Crippen LogP contribution in [0.5, 0.6) is 17.2 Å². The van der Waals surface area contributed by atoms with Crippen molar-refractivity contribution in [3.05, 3.63) is 78.1 Å². The van der Waals surface area contributed by atoms with E-state index in [1.54, 1.807) is 43.4 Å². The van der Waals surface area contributed by atoms with Crippen molar-refractivity contribution in [2.75, 3.05) is 38.2 Å². The van der Waals surface area contributed by atoms with Crippen LogP contribution in [-0.2, 0) is 4.79 Å². The number of fused-ring (bicyclic) bond motifs is 1. The number of hydrogen-bond acceptors (Lipinski definition) is 7. The van der Waals surface area contributed by atoms with Crippen LogP contribution in [0.1, 0.15) is 23.0 Å². The van der Waals surface area contributed by atoms with Crippen LogP contribution < -0.4 is 25.0 Å². The van der Waals surface area contributed by atoms with Gasteiger partial charge in [0.15, 0.2) is 5.60 Å². The quantitative estimate of drug-likeness (QED) is 0.411. The predicted molar refractivity (Wildman–Crippen MR) is 150 cm³/mol. The first-order valence-electron chi connectivity index (χ1n) is 13.1. The van der Waals surface area contributed by atoms with E-state index in [1.807, 2.05) is 25.1 Å². The zero-order valence-corrected chi connectivity index (χ0v) is 22.6. The molecule has 0 spiro atoms. The molecule has 0 unspecified atom stereocenters. The van der Waals surface area contributed by atoms with E-state index in [4.69, 9.17) is 9.47 Å². The van der Waals surface area contributed by atoms with Crippen LogP contribution in [0.4, 0.5) is 10.5 Å². The maximum absolute atomic E-state index is 13.3. The van der Waals surface area contributed by atoms with E-state index in [-0.39, 0.29) is 37.3 Å². The molecular weight excluding hydrogens is 526 g/mol. The Bertz CT molecular complexity index is 1530. The highest BCUT2D eigenvalue weighted by Gasteiger charge is 2.42. The largest absolute Gasteiger partial charge is 0.489 e. The lowest BCUT2D eigenvalue weighted by molar-refractivity contribution is -0.120. The van der Waals surface area contributed by atoms with Crippen molar-refractivity contribution in [2.45, 2.75) is 18.6 Å². The number of aliphatic hydroxyl groups is 1. The third-order valence-electron chi connectivity index (χ3n) is 6.56. The number of aromatic nitrogens is 1. The Morgan fingerprint density at radius 2 is 1.93 bits per heavy atom. The summed E-state index contributed by atoms with van der Waals surface area (Å²) in [5, 5.41) is 16.0. The normalized spacial score (nSPS) is 17.0. The number of pyridine rings is 1. The lowest BCUT2D eigenvalue weighted by Gasteiger charge is -2.42. The number of nitrogens with zero attached hydrogens (tertiary/aromatic N) is 3. The molecule has 1 atom stereocenters. The molecule has 2 aromatic carbocycles. The fraction of sp³-hybridized carbons (Fsp3) is 0.267. The molecule has 11 heteroatoms. The first-order chi connectivity index (χ1) is 19.7. The summed E-state index contributed by atoms with van der Waals surface area (Å²) in [5.74, 6) is 6.32. The summed E-state index contributed by atoms with van der Waals surface area (Å²) in [6.45, 7) is 2.46. The Morgan fingerprint density at radius 3 is 2.68 bits per heavy atom. The second-order valence-electron chi connectivity index (χ2n) is 9.68. The van der Waals surface area contributed by atoms with E-state index in [1.165, 1.54) is 22.1 Å². The third-order valence-corrected chi connectivity index (χ3v) is 6.56. The standard InChI is InChI=1S/C30H29N5O6/c1-3-31-29(38)35-18-30(39,19-35)13-11-20-9-10-26-25(15-20)34(2)28(37)24(17-40-26)33-27(36)23-16-22(12-14-32-23)41-21-7-5-4-6-8-21/h4-10,12,14-16,24,39H,3,17-19H2,1-2H3,(H,31,38)(H,33,36)/t24-/m1/s1. The molecule has 4 amide bonds. The van der Waals surface area contributed by atoms with E-state index in [9.17, 15) is 19.5 Å². The molecule has 2 aliphatic rings. The molecule has 1 fully saturated rings. The van der Waals surface area contributed by atoms with Gasteiger partial charge in [0.05, 0.1) is 18.8 Å². The van der Waals surface area contributed by atoms with E-state index in [0.29, 0.717) is 35.0 Å². The lowest BCUT2D eigenvalue weighted by Crippen LogP contribution is -2.64. The number of para-hydroxylation sites is 1. The highest BCUT2D eigenvalue weighted by atomic mass is 16.5. The summed E-state index contributed by atoms with van der Waals surface area (Å²) in [4.78, 5) is 45.2. The predicted octanol–water partition coefficient (Wildman–Crippen LogP) is 2.16. The van der Waals surface area contributed by atoms with Crippen LogP contribution >= 0.6 is 0 Å². The van der Waals surface area contributed by atoms with Gasteiger partial charge in [0.2, 0.25) is 0 Å². The number of likely N-dealkylation sites (N-methyl/N-ethyl adjacent to an activating group) is 1. The number of rotatable bonds is 5. The minimum atomic E-state index is -1.30. The van der Waals surface area contributed by atoms with Gasteiger partial charge < -0.3 is 35.0 Å². The summed E-state index contributed by atoms with van der Waals surface area (Å²) in [5.41, 5.74) is -0.186. The van der Waals surface area contributed by atoms with Crippen molar-refractivity contribution in [3.8, 4) is 29.1 Å². The van der Waals surface area contributed by atoms with Crippen LogP contribution in [0.25, 0.3) is 0 Å². The highest BCUT2D eigenvalue weighted by Crippen LogP contribution is 2.32. The maximum atomic E-state index is 13.3. The molecule has 3 heterocycles. The van der Waals surface area contributed by atoms with Crippen molar-refractivity contribution in [3.63, 3.8) is 0 Å². The summed E-state index contributed by atoms with van der Waals surface area (Å²) >= 11 is 0. The molecule has 0 aliphatic carbocycles. The number of anilines is 1. The number of carbonyl (C=O) groups excluding carboxylic acids is 3. The number of hydrogen-bond donors (Lipinski definition) is 3. The maximum Gasteiger partial charge on any atom is 0.317 e. The van der Waals surface area contributed by atoms with Gasteiger partial charge in [-0.25, -0.2) is 4.79 Å². The smallest absolute Gasteiger partial charge is 0.317 e. The second kappa shape index (κ2) is 11.6. The molecular formula is C30H29N5O6. The van der Waals surface area contributed by atoms with Gasteiger partial charge in [0, 0.05) is 31.4 Å². The Balaban J connectivity index is 1.24. The molecule has 11 nitrogen and oxygen atoms in total. The Hall–Kier alpha value is -5.08. The fourth-order valence-electron chi connectivity index (χ4n) is 4.39. The summed E-state index contributed by atoms with van der Waals surface area (Å²) in [6.07, 6.45) is 1.46. The number of benzene rings is 2. The van der Waals surface area contributed by atoms with Crippen LogP contribution in [0.15, 0.2) is 66.9 Å². The van der Waals surface area contributed by atoms with Crippen LogP contribution in [-0.4, -0.2) is 77.8 Å². The zero-order valence-electron chi connectivity index (χ0n) is 22.6. The average molecular weight is 556 g/mol. The van der Waals surface area contributed by atoms with Gasteiger partial charge >= 0.3 is 6.03 Å². The number of ether oxygens (including phenoxy) is 2. The van der Waals surface area contributed by atoms with Gasteiger partial charge in [-0.1, -0.05) is 30.0 Å². The molecule has 2 aliphatic heterocycles. The minimum absolute atomic E-state index is 0.0808. The summed E-state index contributed by atoms with van der Waals surface area (Å²) in [7, 11) is 1.59. The molecule has 0 saturated carbocycles. The molecule has 0 bridgehead atoms. The monoisotopic (exact) mass is 555 g/mol. The first kappa shape index (κ1) is 27.5. The van der Waals surface area contributed by atoms with Gasteiger partial charge in [0.1, 0.15) is 35.6 Å². The number of likely N-dealkylation sites (tertiary alicyclic amines) is 1. The van der Waals surface area contributed by atoms with Crippen LogP contribution in [0.3, 0.4) is 0 Å². The molecule has 1 saturated heterocycles. The highest BCUT2D eigenvalue weighted by molar-refractivity contribution is 6.03. The minimum Gasteiger partial charge on any atom is -0.489 e. The average Bonchev–Trinajstić information content (AvgIpc) is 3.07.